The zero-order valence-corrected chi connectivity index (χ0v) is 18.6. The van der Waals surface area contributed by atoms with Crippen molar-refractivity contribution in [1.82, 2.24) is 0 Å². The zero-order valence-electron chi connectivity index (χ0n) is 18.6. The van der Waals surface area contributed by atoms with Crippen LogP contribution >= 0.6 is 0 Å². The molecule has 0 aromatic heterocycles. The van der Waals surface area contributed by atoms with Crippen molar-refractivity contribution in [3.05, 3.63) is 107 Å². The van der Waals surface area contributed by atoms with Gasteiger partial charge >= 0.3 is 0 Å². The van der Waals surface area contributed by atoms with Crippen LogP contribution in [0.2, 0.25) is 0 Å². The van der Waals surface area contributed by atoms with Crippen LogP contribution < -0.4 is 0 Å². The van der Waals surface area contributed by atoms with Gasteiger partial charge in [-0.25, -0.2) is 17.6 Å². The molecule has 33 heavy (non-hydrogen) atoms. The van der Waals surface area contributed by atoms with Crippen molar-refractivity contribution >= 4 is 10.8 Å². The van der Waals surface area contributed by atoms with Crippen molar-refractivity contribution in [2.45, 2.75) is 45.4 Å². The lowest BCUT2D eigenvalue weighted by Gasteiger charge is -2.10. The van der Waals surface area contributed by atoms with E-state index >= 15 is 4.39 Å². The van der Waals surface area contributed by atoms with Crippen molar-refractivity contribution in [3.63, 3.8) is 0 Å². The fraction of sp³-hybridized carbons (Fsp3) is 0.241. The summed E-state index contributed by atoms with van der Waals surface area (Å²) in [4.78, 5) is 0. The van der Waals surface area contributed by atoms with Gasteiger partial charge in [-0.15, -0.1) is 0 Å². The smallest absolute Gasteiger partial charge is 0.159 e. The highest BCUT2D eigenvalue weighted by Crippen LogP contribution is 2.30. The van der Waals surface area contributed by atoms with Gasteiger partial charge in [-0.05, 0) is 77.6 Å². The van der Waals surface area contributed by atoms with E-state index in [1.54, 1.807) is 36.4 Å². The second-order valence-corrected chi connectivity index (χ2v) is 8.49. The van der Waals surface area contributed by atoms with Crippen LogP contribution in [0.15, 0.2) is 66.7 Å². The van der Waals surface area contributed by atoms with E-state index in [2.05, 4.69) is 6.92 Å². The Labute approximate surface area is 191 Å². The van der Waals surface area contributed by atoms with Crippen LogP contribution in [0.25, 0.3) is 21.9 Å². The monoisotopic (exact) mass is 450 g/mol. The number of benzene rings is 4. The van der Waals surface area contributed by atoms with Crippen LogP contribution in [0.4, 0.5) is 17.6 Å². The molecule has 0 bridgehead atoms. The molecule has 0 aliphatic heterocycles. The Kier molecular flexibility index (Phi) is 7.12. The number of rotatable bonds is 8. The third-order valence-electron chi connectivity index (χ3n) is 6.11. The molecule has 0 heterocycles. The van der Waals surface area contributed by atoms with Crippen molar-refractivity contribution in [2.75, 3.05) is 0 Å². The molecule has 0 fully saturated rings. The fourth-order valence-corrected chi connectivity index (χ4v) is 4.20. The highest BCUT2D eigenvalue weighted by atomic mass is 19.2. The average molecular weight is 451 g/mol. The lowest BCUT2D eigenvalue weighted by atomic mass is 9.96. The second-order valence-electron chi connectivity index (χ2n) is 8.49. The first-order valence-electron chi connectivity index (χ1n) is 11.4. The van der Waals surface area contributed by atoms with Crippen molar-refractivity contribution in [1.29, 1.82) is 0 Å². The topological polar surface area (TPSA) is 0 Å². The first-order valence-corrected chi connectivity index (χ1v) is 11.4. The Morgan fingerprint density at radius 1 is 0.606 bits per heavy atom. The quantitative estimate of drug-likeness (QED) is 0.186. The van der Waals surface area contributed by atoms with Gasteiger partial charge in [0, 0.05) is 10.9 Å². The van der Waals surface area contributed by atoms with E-state index in [0.717, 1.165) is 43.4 Å². The Morgan fingerprint density at radius 3 is 2.12 bits per heavy atom. The van der Waals surface area contributed by atoms with Gasteiger partial charge in [-0.2, -0.15) is 0 Å². The Balaban J connectivity index is 1.54. The summed E-state index contributed by atoms with van der Waals surface area (Å²) in [7, 11) is 0. The number of halogens is 4. The van der Waals surface area contributed by atoms with E-state index in [9.17, 15) is 13.2 Å². The molecule has 0 unspecified atom stereocenters. The maximum Gasteiger partial charge on any atom is 0.159 e. The molecule has 4 heteroatoms. The lowest BCUT2D eigenvalue weighted by Crippen LogP contribution is -1.97. The van der Waals surface area contributed by atoms with Gasteiger partial charge in [0.25, 0.3) is 0 Å². The third-order valence-corrected chi connectivity index (χ3v) is 6.11. The molecule has 0 spiro atoms. The highest BCUT2D eigenvalue weighted by molar-refractivity contribution is 5.88. The van der Waals surface area contributed by atoms with Crippen molar-refractivity contribution < 1.29 is 17.6 Å². The molecule has 170 valence electrons. The summed E-state index contributed by atoms with van der Waals surface area (Å²) in [6.07, 6.45) is 4.92. The maximum absolute atomic E-state index is 15.1. The van der Waals surface area contributed by atoms with Gasteiger partial charge in [-0.1, -0.05) is 62.2 Å². The fourth-order valence-electron chi connectivity index (χ4n) is 4.20. The van der Waals surface area contributed by atoms with Gasteiger partial charge in [0.2, 0.25) is 0 Å². The van der Waals surface area contributed by atoms with Crippen LogP contribution in [0, 0.1) is 23.3 Å². The molecule has 4 aromatic carbocycles. The molecular weight excluding hydrogens is 424 g/mol. The SMILES string of the molecule is CCCCCc1ccc(-c2ccc3c(F)c(CCc4ccc(F)c(F)c4)ccc3c2)c(F)c1. The van der Waals surface area contributed by atoms with Gasteiger partial charge in [-0.3, -0.25) is 0 Å². The molecule has 0 amide bonds. The molecule has 0 saturated heterocycles. The zero-order chi connectivity index (χ0) is 23.4. The minimum absolute atomic E-state index is 0.271. The molecule has 0 radical (unpaired) electrons. The Hall–Kier alpha value is -3.14. The number of fused-ring (bicyclic) bond motifs is 1. The largest absolute Gasteiger partial charge is 0.206 e. The van der Waals surface area contributed by atoms with Crippen LogP contribution in [-0.2, 0) is 19.3 Å². The molecule has 0 nitrogen and oxygen atoms in total. The Morgan fingerprint density at radius 2 is 1.36 bits per heavy atom. The molecule has 0 atom stereocenters. The van der Waals surface area contributed by atoms with Crippen LogP contribution in [-0.4, -0.2) is 0 Å². The van der Waals surface area contributed by atoms with Crippen LogP contribution in [0.5, 0.6) is 0 Å². The summed E-state index contributed by atoms with van der Waals surface area (Å²) in [5, 5.41) is 1.14. The summed E-state index contributed by atoms with van der Waals surface area (Å²) in [5.74, 6) is -2.41. The predicted octanol–water partition coefficient (Wildman–Crippen LogP) is 8.58. The lowest BCUT2D eigenvalue weighted by molar-refractivity contribution is 0.507. The summed E-state index contributed by atoms with van der Waals surface area (Å²) >= 11 is 0. The molecule has 0 saturated carbocycles. The third kappa shape index (κ3) is 5.27. The maximum atomic E-state index is 15.1. The summed E-state index contributed by atoms with van der Waals surface area (Å²) in [6, 6.07) is 17.8. The van der Waals surface area contributed by atoms with E-state index in [4.69, 9.17) is 0 Å². The van der Waals surface area contributed by atoms with Gasteiger partial charge < -0.3 is 0 Å². The summed E-state index contributed by atoms with van der Waals surface area (Å²) in [6.45, 7) is 2.14. The normalized spacial score (nSPS) is 11.3. The average Bonchev–Trinajstić information content (AvgIpc) is 2.81. The number of hydrogen-bond donors (Lipinski definition) is 0. The number of unbranched alkanes of at least 4 members (excludes halogenated alkanes) is 2. The van der Waals surface area contributed by atoms with E-state index in [1.165, 1.54) is 6.07 Å². The molecule has 0 aliphatic carbocycles. The molecule has 4 rings (SSSR count). The van der Waals surface area contributed by atoms with Gasteiger partial charge in [0.1, 0.15) is 11.6 Å². The van der Waals surface area contributed by atoms with E-state index in [-0.39, 0.29) is 11.6 Å². The molecule has 0 N–H and O–H groups in total. The minimum Gasteiger partial charge on any atom is -0.206 e. The van der Waals surface area contributed by atoms with Crippen molar-refractivity contribution in [2.24, 2.45) is 0 Å². The van der Waals surface area contributed by atoms with E-state index < -0.39 is 11.6 Å². The van der Waals surface area contributed by atoms with E-state index in [1.807, 2.05) is 12.1 Å². The van der Waals surface area contributed by atoms with E-state index in [0.29, 0.717) is 45.9 Å². The van der Waals surface area contributed by atoms with Gasteiger partial charge in [0.15, 0.2) is 11.6 Å². The first kappa shape index (κ1) is 23.0. The van der Waals surface area contributed by atoms with Crippen LogP contribution in [0.3, 0.4) is 0 Å². The standard InChI is InChI=1S/C29H26F4/c1-2-3-4-5-19-7-13-24(27(31)16-19)22-12-14-25-23(18-22)11-10-21(29(25)33)9-6-20-8-15-26(30)28(32)17-20/h7-8,10-18H,2-6,9H2,1H3. The molecule has 0 aliphatic rings. The number of aryl methyl sites for hydroxylation is 3. The summed E-state index contributed by atoms with van der Waals surface area (Å²) < 4.78 is 56.4. The first-order chi connectivity index (χ1) is 16.0. The Bertz CT molecular complexity index is 1280. The van der Waals surface area contributed by atoms with Crippen molar-refractivity contribution in [3.8, 4) is 11.1 Å². The molecular formula is C29H26F4. The highest BCUT2D eigenvalue weighted by Gasteiger charge is 2.12. The molecule has 4 aromatic rings. The second kappa shape index (κ2) is 10.2. The number of hydrogen-bond acceptors (Lipinski definition) is 0. The van der Waals surface area contributed by atoms with Gasteiger partial charge in [0.05, 0.1) is 0 Å². The summed E-state index contributed by atoms with van der Waals surface area (Å²) in [5.41, 5.74) is 3.30. The predicted molar refractivity (Wildman–Crippen MR) is 126 cm³/mol. The minimum atomic E-state index is -0.903. The van der Waals surface area contributed by atoms with Crippen LogP contribution in [0.1, 0.15) is 42.9 Å².